The van der Waals surface area contributed by atoms with Crippen molar-refractivity contribution in [1.82, 2.24) is 15.5 Å². The van der Waals surface area contributed by atoms with Crippen LogP contribution < -0.4 is 16.4 Å². The SMILES string of the molecule is CO[C@H]1/C=C\C=C(C)C(=O)NC2=CC(=O)C(NCCN(C)C)=C(C[C@@H](C)C[C@H](OC)[C@H](O)[C@@H](C)C=C(C)[C@@H]1OC(N)=O)C2=O.O=C(O)C(F)(F)F. The molecule has 0 aromatic rings. The molecule has 51 heavy (non-hydrogen) atoms. The predicted molar refractivity (Wildman–Crippen MR) is 180 cm³/mol. The first kappa shape index (κ1) is 44.7. The molecule has 0 aromatic carbocycles. The van der Waals surface area contributed by atoms with Crippen LogP contribution in [0.25, 0.3) is 0 Å². The van der Waals surface area contributed by atoms with Gasteiger partial charge in [-0.3, -0.25) is 14.4 Å². The van der Waals surface area contributed by atoms with Gasteiger partial charge in [0.25, 0.3) is 5.91 Å². The van der Waals surface area contributed by atoms with E-state index in [1.807, 2.05) is 32.8 Å². The Labute approximate surface area is 295 Å². The summed E-state index contributed by atoms with van der Waals surface area (Å²) >= 11 is 0. The van der Waals surface area contributed by atoms with E-state index in [1.54, 1.807) is 32.1 Å². The molecular formula is C34H49F3N4O10. The van der Waals surface area contributed by atoms with E-state index in [2.05, 4.69) is 10.6 Å². The first-order valence-corrected chi connectivity index (χ1v) is 15.9. The van der Waals surface area contributed by atoms with Crippen LogP contribution in [0.5, 0.6) is 0 Å². The zero-order valence-electron chi connectivity index (χ0n) is 30.0. The number of fused-ring (bicyclic) bond motifs is 2. The van der Waals surface area contributed by atoms with Gasteiger partial charge in [0.05, 0.1) is 23.6 Å². The van der Waals surface area contributed by atoms with Gasteiger partial charge in [0.1, 0.15) is 6.10 Å². The summed E-state index contributed by atoms with van der Waals surface area (Å²) in [7, 11) is 6.74. The first-order valence-electron chi connectivity index (χ1n) is 15.9. The lowest BCUT2D eigenvalue weighted by Gasteiger charge is -2.30. The minimum atomic E-state index is -5.08. The Bertz CT molecular complexity index is 1440. The quantitative estimate of drug-likeness (QED) is 0.189. The van der Waals surface area contributed by atoms with Gasteiger partial charge in [-0.2, -0.15) is 13.2 Å². The number of aliphatic carboxylic acids is 1. The minimum absolute atomic E-state index is 0.114. The van der Waals surface area contributed by atoms with Crippen molar-refractivity contribution < 1.29 is 61.6 Å². The van der Waals surface area contributed by atoms with E-state index in [9.17, 15) is 37.5 Å². The van der Waals surface area contributed by atoms with E-state index in [1.165, 1.54) is 20.3 Å². The molecule has 1 aliphatic carbocycles. The van der Waals surface area contributed by atoms with Crippen LogP contribution in [0.15, 0.2) is 58.5 Å². The van der Waals surface area contributed by atoms with Crippen molar-refractivity contribution in [2.45, 2.75) is 71.1 Å². The third-order valence-electron chi connectivity index (χ3n) is 7.90. The number of ketones is 2. The summed E-state index contributed by atoms with van der Waals surface area (Å²) < 4.78 is 48.4. The van der Waals surface area contributed by atoms with Gasteiger partial charge < -0.3 is 45.7 Å². The number of ether oxygens (including phenoxy) is 3. The highest BCUT2D eigenvalue weighted by Gasteiger charge is 2.38. The monoisotopic (exact) mass is 730 g/mol. The number of allylic oxidation sites excluding steroid dienone is 4. The number of aliphatic hydroxyl groups excluding tert-OH is 1. The van der Waals surface area contributed by atoms with Crippen molar-refractivity contribution in [3.05, 3.63) is 58.5 Å². The third-order valence-corrected chi connectivity index (χ3v) is 7.90. The molecule has 6 N–H and O–H groups in total. The van der Waals surface area contributed by atoms with Crippen LogP contribution in [0, 0.1) is 11.8 Å². The number of hydrogen-bond donors (Lipinski definition) is 5. The largest absolute Gasteiger partial charge is 0.490 e. The Hall–Kier alpha value is -4.32. The van der Waals surface area contributed by atoms with Crippen molar-refractivity contribution >= 4 is 29.5 Å². The van der Waals surface area contributed by atoms with E-state index < -0.39 is 66.0 Å². The van der Waals surface area contributed by atoms with E-state index in [4.69, 9.17) is 29.8 Å². The zero-order valence-corrected chi connectivity index (χ0v) is 30.0. The van der Waals surface area contributed by atoms with Crippen molar-refractivity contribution in [3.8, 4) is 0 Å². The van der Waals surface area contributed by atoms with Gasteiger partial charge in [0, 0.05) is 50.4 Å². The standard InChI is InChI=1S/C32H48N4O8.C2HF3O2/c1-18-14-22-27(34-12-13-36(5)6)24(37)17-23(29(22)39)35-31(40)19(2)10-9-11-25(42-7)30(44-32(33)41)21(4)16-20(3)28(38)26(15-18)43-8;3-2(4,5)1(6)7/h9-11,16-18,20,25-26,28,30,34,38H,12-15H2,1-8H3,(H2,33,41)(H,35,40);(H,6,7)/b11-9-,19-10?,21-16?;/t18-,20+,25+,26+,28-,30+;/m1./s1. The highest BCUT2D eigenvalue weighted by molar-refractivity contribution is 6.23. The fourth-order valence-electron chi connectivity index (χ4n) is 5.18. The number of primary amides is 1. The minimum Gasteiger partial charge on any atom is -0.475 e. The number of carboxylic acid groups (broad SMARTS) is 1. The number of aliphatic hydroxyl groups is 1. The number of nitrogens with zero attached hydrogens (tertiary/aromatic N) is 1. The van der Waals surface area contributed by atoms with Crippen LogP contribution in [0.4, 0.5) is 18.0 Å². The second-order valence-corrected chi connectivity index (χ2v) is 12.5. The summed E-state index contributed by atoms with van der Waals surface area (Å²) in [6.45, 7) is 8.09. The molecular weight excluding hydrogens is 681 g/mol. The number of halogens is 3. The second kappa shape index (κ2) is 20.5. The zero-order chi connectivity index (χ0) is 39.2. The highest BCUT2D eigenvalue weighted by Crippen LogP contribution is 2.29. The molecule has 0 radical (unpaired) electrons. The number of alkyl halides is 3. The van der Waals surface area contributed by atoms with Gasteiger partial charge in [-0.05, 0) is 52.3 Å². The molecule has 14 nitrogen and oxygen atoms in total. The Kier molecular flexibility index (Phi) is 18.0. The molecule has 0 aromatic heterocycles. The van der Waals surface area contributed by atoms with Crippen LogP contribution in [-0.2, 0) is 33.4 Å². The van der Waals surface area contributed by atoms with Gasteiger partial charge in [-0.15, -0.1) is 0 Å². The van der Waals surface area contributed by atoms with E-state index >= 15 is 0 Å². The number of methoxy groups -OCH3 is 2. The van der Waals surface area contributed by atoms with Crippen LogP contribution >= 0.6 is 0 Å². The van der Waals surface area contributed by atoms with Gasteiger partial charge in [-0.25, -0.2) is 9.59 Å². The number of amides is 2. The molecule has 0 spiro atoms. The summed E-state index contributed by atoms with van der Waals surface area (Å²) in [6, 6.07) is 0. The number of carbonyl (C=O) groups excluding carboxylic acids is 4. The van der Waals surface area contributed by atoms with Gasteiger partial charge >= 0.3 is 18.2 Å². The lowest BCUT2D eigenvalue weighted by Crippen LogP contribution is -2.38. The lowest BCUT2D eigenvalue weighted by atomic mass is 9.85. The number of likely N-dealkylation sites (N-methyl/N-ethyl adjacent to an activating group) is 1. The van der Waals surface area contributed by atoms with Crippen LogP contribution in [0.3, 0.4) is 0 Å². The Morgan fingerprint density at radius 1 is 1.12 bits per heavy atom. The molecule has 2 rings (SSSR count). The number of nitrogens with one attached hydrogen (secondary N) is 2. The number of nitrogens with two attached hydrogens (primary N) is 1. The van der Waals surface area contributed by atoms with Gasteiger partial charge in [-0.1, -0.05) is 38.2 Å². The molecule has 2 bridgehead atoms. The molecule has 1 aliphatic heterocycles. The summed E-state index contributed by atoms with van der Waals surface area (Å²) in [6.07, 6.45) is -1.20. The number of carbonyl (C=O) groups is 5. The number of carboxylic acids is 1. The molecule has 0 saturated carbocycles. The number of hydrogen-bond acceptors (Lipinski definition) is 11. The van der Waals surface area contributed by atoms with Crippen LogP contribution in [-0.4, -0.2) is 117 Å². The van der Waals surface area contributed by atoms with E-state index in [-0.39, 0.29) is 34.9 Å². The third kappa shape index (κ3) is 14.4. The van der Waals surface area contributed by atoms with Crippen LogP contribution in [0.2, 0.25) is 0 Å². The molecule has 2 aliphatic rings. The Morgan fingerprint density at radius 3 is 2.24 bits per heavy atom. The fraction of sp³-hybridized carbons (Fsp3) is 0.559. The predicted octanol–water partition coefficient (Wildman–Crippen LogP) is 2.55. The fourth-order valence-corrected chi connectivity index (χ4v) is 5.18. The first-order chi connectivity index (χ1) is 23.6. The Balaban J connectivity index is 0.00000167. The lowest BCUT2D eigenvalue weighted by molar-refractivity contribution is -0.192. The van der Waals surface area contributed by atoms with Crippen molar-refractivity contribution in [1.29, 1.82) is 0 Å². The van der Waals surface area contributed by atoms with Crippen molar-refractivity contribution in [2.75, 3.05) is 41.4 Å². The molecule has 1 heterocycles. The summed E-state index contributed by atoms with van der Waals surface area (Å²) in [5.74, 6) is -4.82. The van der Waals surface area contributed by atoms with Crippen molar-refractivity contribution in [3.63, 3.8) is 0 Å². The molecule has 0 unspecified atom stereocenters. The summed E-state index contributed by atoms with van der Waals surface area (Å²) in [5, 5.41) is 24.1. The molecule has 17 heteroatoms. The average molecular weight is 731 g/mol. The molecule has 0 saturated heterocycles. The topological polar surface area (TPSA) is 207 Å². The smallest absolute Gasteiger partial charge is 0.475 e. The Morgan fingerprint density at radius 2 is 1.73 bits per heavy atom. The second-order valence-electron chi connectivity index (χ2n) is 12.5. The maximum absolute atomic E-state index is 13.7. The van der Waals surface area contributed by atoms with E-state index in [0.29, 0.717) is 25.1 Å². The molecule has 6 atom stereocenters. The molecule has 286 valence electrons. The van der Waals surface area contributed by atoms with Crippen molar-refractivity contribution in [2.24, 2.45) is 17.6 Å². The number of Topliss-reactive ketones (excluding diaryl/α,β-unsaturated/α-hetero) is 1. The molecule has 2 amide bonds. The maximum Gasteiger partial charge on any atom is 0.490 e. The summed E-state index contributed by atoms with van der Waals surface area (Å²) in [5.41, 5.74) is 6.55. The van der Waals surface area contributed by atoms with Gasteiger partial charge in [0.15, 0.2) is 6.10 Å². The summed E-state index contributed by atoms with van der Waals surface area (Å²) in [4.78, 5) is 62.6. The van der Waals surface area contributed by atoms with Gasteiger partial charge in [0.2, 0.25) is 11.6 Å². The highest BCUT2D eigenvalue weighted by atomic mass is 19.4. The normalized spacial score (nSPS) is 26.2. The van der Waals surface area contributed by atoms with E-state index in [0.717, 1.165) is 6.08 Å². The average Bonchev–Trinajstić information content (AvgIpc) is 3.03. The number of rotatable bonds is 7. The maximum atomic E-state index is 13.7. The molecule has 0 fully saturated rings. The van der Waals surface area contributed by atoms with Crippen LogP contribution in [0.1, 0.15) is 40.5 Å².